The summed E-state index contributed by atoms with van der Waals surface area (Å²) in [5, 5.41) is 0. The zero-order chi connectivity index (χ0) is 8.27. The summed E-state index contributed by atoms with van der Waals surface area (Å²) in [4.78, 5) is 13.3. The van der Waals surface area contributed by atoms with Crippen LogP contribution < -0.4 is 0 Å². The fraction of sp³-hybridized carbons (Fsp3) is 0.125. The number of nitrogens with zero attached hydrogens (tertiary/aromatic N) is 1. The van der Waals surface area contributed by atoms with Crippen molar-refractivity contribution in [3.8, 4) is 0 Å². The Hall–Kier alpha value is -0.920. The second kappa shape index (κ2) is 3.46. The number of aryl methyl sites for hydroxylation is 1. The molecule has 0 unspecified atom stereocenters. The number of rotatable bonds is 1. The molecular weight excluding hydrogens is 206 g/mol. The highest BCUT2D eigenvalue weighted by Crippen LogP contribution is 2.21. The number of hydrogen-bond acceptors (Lipinski definition) is 2. The van der Waals surface area contributed by atoms with Crippen molar-refractivity contribution in [2.75, 3.05) is 0 Å². The number of hydrogen-bond donors (Lipinski definition) is 0. The van der Waals surface area contributed by atoms with E-state index >= 15 is 0 Å². The summed E-state index contributed by atoms with van der Waals surface area (Å²) in [5.74, 6) is 0. The van der Waals surface area contributed by atoms with Crippen molar-refractivity contribution in [1.82, 2.24) is 0 Å². The summed E-state index contributed by atoms with van der Waals surface area (Å²) in [6, 6.07) is 5.42. The van der Waals surface area contributed by atoms with E-state index < -0.39 is 0 Å². The van der Waals surface area contributed by atoms with Gasteiger partial charge in [0.05, 0.1) is 5.69 Å². The van der Waals surface area contributed by atoms with Crippen molar-refractivity contribution in [3.05, 3.63) is 28.2 Å². The predicted molar refractivity (Wildman–Crippen MR) is 46.7 cm³/mol. The van der Waals surface area contributed by atoms with Crippen molar-refractivity contribution in [2.45, 2.75) is 6.92 Å². The third kappa shape index (κ3) is 2.00. The van der Waals surface area contributed by atoms with Crippen molar-refractivity contribution in [3.63, 3.8) is 0 Å². The lowest BCUT2D eigenvalue weighted by Gasteiger charge is -1.96. The minimum absolute atomic E-state index is 0.640. The number of halogens is 1. The standard InChI is InChI=1S/C8H6BrNO/c1-6-4-7(10-5-11)2-3-8(6)9/h2-4H,1H3. The summed E-state index contributed by atoms with van der Waals surface area (Å²) in [5.41, 5.74) is 1.70. The molecule has 0 spiro atoms. The molecule has 0 fully saturated rings. The van der Waals surface area contributed by atoms with Crippen LogP contribution in [-0.2, 0) is 4.79 Å². The van der Waals surface area contributed by atoms with Crippen molar-refractivity contribution < 1.29 is 4.79 Å². The topological polar surface area (TPSA) is 29.4 Å². The molecule has 0 amide bonds. The first kappa shape index (κ1) is 8.18. The number of benzene rings is 1. The molecule has 0 atom stereocenters. The van der Waals surface area contributed by atoms with E-state index in [1.807, 2.05) is 19.1 Å². The van der Waals surface area contributed by atoms with Crippen LogP contribution >= 0.6 is 15.9 Å². The highest BCUT2D eigenvalue weighted by molar-refractivity contribution is 9.10. The van der Waals surface area contributed by atoms with Crippen LogP contribution in [0.2, 0.25) is 0 Å². The predicted octanol–water partition coefficient (Wildman–Crippen LogP) is 2.72. The largest absolute Gasteiger partial charge is 0.240 e. The van der Waals surface area contributed by atoms with Gasteiger partial charge in [-0.05, 0) is 30.7 Å². The van der Waals surface area contributed by atoms with E-state index in [2.05, 4.69) is 20.9 Å². The molecular formula is C8H6BrNO. The molecule has 0 aromatic heterocycles. The van der Waals surface area contributed by atoms with Crippen LogP contribution in [0.4, 0.5) is 5.69 Å². The average Bonchev–Trinajstić information content (AvgIpc) is 1.98. The fourth-order valence-electron chi connectivity index (χ4n) is 0.751. The molecule has 1 rings (SSSR count). The summed E-state index contributed by atoms with van der Waals surface area (Å²) in [6.07, 6.45) is 1.49. The fourth-order valence-corrected chi connectivity index (χ4v) is 0.998. The lowest BCUT2D eigenvalue weighted by molar-refractivity contribution is 0.565. The highest BCUT2D eigenvalue weighted by Gasteiger charge is 1.94. The van der Waals surface area contributed by atoms with Crippen LogP contribution in [0, 0.1) is 6.92 Å². The maximum absolute atomic E-state index is 9.87. The van der Waals surface area contributed by atoms with E-state index in [1.54, 1.807) is 6.07 Å². The first-order valence-electron chi connectivity index (χ1n) is 3.08. The average molecular weight is 212 g/mol. The van der Waals surface area contributed by atoms with Gasteiger partial charge in [-0.25, -0.2) is 4.79 Å². The van der Waals surface area contributed by atoms with Crippen LogP contribution in [0.25, 0.3) is 0 Å². The van der Waals surface area contributed by atoms with Crippen molar-refractivity contribution >= 4 is 27.7 Å². The first-order chi connectivity index (χ1) is 5.24. The van der Waals surface area contributed by atoms with Gasteiger partial charge in [-0.15, -0.1) is 0 Å². The van der Waals surface area contributed by atoms with Gasteiger partial charge in [0.25, 0.3) is 0 Å². The number of carbonyl (C=O) groups excluding carboxylic acids is 1. The monoisotopic (exact) mass is 211 g/mol. The van der Waals surface area contributed by atoms with Gasteiger partial charge < -0.3 is 0 Å². The SMILES string of the molecule is Cc1cc(N=C=O)ccc1Br. The Balaban J connectivity index is 3.14. The Labute approximate surface area is 73.1 Å². The number of isocyanates is 1. The summed E-state index contributed by atoms with van der Waals surface area (Å²) >= 11 is 3.34. The third-order valence-electron chi connectivity index (χ3n) is 1.32. The van der Waals surface area contributed by atoms with Gasteiger partial charge >= 0.3 is 0 Å². The van der Waals surface area contributed by atoms with Gasteiger partial charge in [-0.2, -0.15) is 4.99 Å². The van der Waals surface area contributed by atoms with E-state index in [0.29, 0.717) is 5.69 Å². The number of aliphatic imine (C=N–C) groups is 1. The quantitative estimate of drug-likeness (QED) is 0.519. The van der Waals surface area contributed by atoms with Gasteiger partial charge in [-0.1, -0.05) is 15.9 Å². The van der Waals surface area contributed by atoms with E-state index in [9.17, 15) is 4.79 Å². The Morgan fingerprint density at radius 1 is 1.55 bits per heavy atom. The van der Waals surface area contributed by atoms with E-state index in [4.69, 9.17) is 0 Å². The molecule has 0 N–H and O–H groups in total. The zero-order valence-corrected chi connectivity index (χ0v) is 7.55. The zero-order valence-electron chi connectivity index (χ0n) is 5.97. The third-order valence-corrected chi connectivity index (χ3v) is 2.21. The van der Waals surface area contributed by atoms with Gasteiger partial charge in [0.15, 0.2) is 0 Å². The second-order valence-corrected chi connectivity index (χ2v) is 2.99. The lowest BCUT2D eigenvalue weighted by atomic mass is 10.2. The molecule has 2 nitrogen and oxygen atoms in total. The van der Waals surface area contributed by atoms with Crippen molar-refractivity contribution in [1.29, 1.82) is 0 Å². The molecule has 0 aliphatic carbocycles. The molecule has 1 aromatic carbocycles. The van der Waals surface area contributed by atoms with E-state index in [1.165, 1.54) is 6.08 Å². The van der Waals surface area contributed by atoms with Gasteiger partial charge in [0, 0.05) is 4.47 Å². The molecule has 0 bridgehead atoms. The molecule has 0 radical (unpaired) electrons. The summed E-state index contributed by atoms with van der Waals surface area (Å²) in [7, 11) is 0. The van der Waals surface area contributed by atoms with Gasteiger partial charge in [0.1, 0.15) is 0 Å². The van der Waals surface area contributed by atoms with Crippen LogP contribution in [0.1, 0.15) is 5.56 Å². The highest BCUT2D eigenvalue weighted by atomic mass is 79.9. The maximum atomic E-state index is 9.87. The van der Waals surface area contributed by atoms with Crippen LogP contribution in [0.5, 0.6) is 0 Å². The Bertz CT molecular complexity index is 316. The maximum Gasteiger partial charge on any atom is 0.240 e. The minimum Gasteiger partial charge on any atom is -0.211 e. The molecule has 0 saturated carbocycles. The van der Waals surface area contributed by atoms with E-state index in [-0.39, 0.29) is 0 Å². The molecule has 0 saturated heterocycles. The van der Waals surface area contributed by atoms with Crippen LogP contribution in [-0.4, -0.2) is 6.08 Å². The molecule has 1 aromatic rings. The summed E-state index contributed by atoms with van der Waals surface area (Å²) in [6.45, 7) is 1.94. The van der Waals surface area contributed by atoms with Gasteiger partial charge in [0.2, 0.25) is 6.08 Å². The minimum atomic E-state index is 0.640. The van der Waals surface area contributed by atoms with Crippen LogP contribution in [0.15, 0.2) is 27.7 Å². The molecule has 0 aliphatic heterocycles. The van der Waals surface area contributed by atoms with Crippen molar-refractivity contribution in [2.24, 2.45) is 4.99 Å². The molecule has 56 valence electrons. The smallest absolute Gasteiger partial charge is 0.211 e. The first-order valence-corrected chi connectivity index (χ1v) is 3.87. The normalized spacial score (nSPS) is 8.91. The lowest BCUT2D eigenvalue weighted by Crippen LogP contribution is -1.73. The Kier molecular flexibility index (Phi) is 2.58. The Morgan fingerprint density at radius 3 is 2.82 bits per heavy atom. The van der Waals surface area contributed by atoms with Gasteiger partial charge in [-0.3, -0.25) is 0 Å². The summed E-state index contributed by atoms with van der Waals surface area (Å²) < 4.78 is 1.02. The molecule has 0 aliphatic rings. The van der Waals surface area contributed by atoms with Crippen LogP contribution in [0.3, 0.4) is 0 Å². The molecule has 3 heteroatoms. The molecule has 11 heavy (non-hydrogen) atoms. The molecule has 0 heterocycles. The second-order valence-electron chi connectivity index (χ2n) is 2.14. The van der Waals surface area contributed by atoms with E-state index in [0.717, 1.165) is 10.0 Å². The Morgan fingerprint density at radius 2 is 2.27 bits per heavy atom.